The Morgan fingerprint density at radius 1 is 1.20 bits per heavy atom. The number of fused-ring (bicyclic) bond motifs is 1. The molecular formula is C16H17IO3. The molecule has 0 unspecified atom stereocenters. The number of carbonyl (C=O) groups excluding carboxylic acids is 1. The van der Waals surface area contributed by atoms with E-state index in [0.717, 1.165) is 27.2 Å². The molecule has 0 saturated carbocycles. The molecule has 0 bridgehead atoms. The highest BCUT2D eigenvalue weighted by Gasteiger charge is 2.18. The highest BCUT2D eigenvalue weighted by atomic mass is 127. The highest BCUT2D eigenvalue weighted by Crippen LogP contribution is 2.31. The average Bonchev–Trinajstić information content (AvgIpc) is 2.46. The van der Waals surface area contributed by atoms with Crippen LogP contribution in [0.3, 0.4) is 0 Å². The Bertz CT molecular complexity index is 622. The van der Waals surface area contributed by atoms with Gasteiger partial charge in [0.05, 0.1) is 13.7 Å². The van der Waals surface area contributed by atoms with Crippen molar-refractivity contribution in [1.82, 2.24) is 0 Å². The first kappa shape index (κ1) is 15.1. The van der Waals surface area contributed by atoms with E-state index in [0.29, 0.717) is 17.9 Å². The second-order valence-corrected chi connectivity index (χ2v) is 5.63. The number of carbonyl (C=O) groups is 1. The van der Waals surface area contributed by atoms with Crippen molar-refractivity contribution in [3.05, 3.63) is 39.5 Å². The van der Waals surface area contributed by atoms with Crippen LogP contribution in [0.4, 0.5) is 0 Å². The molecule has 0 spiro atoms. The van der Waals surface area contributed by atoms with Crippen LogP contribution in [0.2, 0.25) is 0 Å². The van der Waals surface area contributed by atoms with E-state index in [1.807, 2.05) is 30.3 Å². The molecule has 2 aromatic carbocycles. The van der Waals surface area contributed by atoms with Gasteiger partial charge in [-0.25, -0.2) is 4.79 Å². The van der Waals surface area contributed by atoms with Crippen LogP contribution >= 0.6 is 22.6 Å². The zero-order chi connectivity index (χ0) is 14.5. The van der Waals surface area contributed by atoms with Gasteiger partial charge in [0.15, 0.2) is 0 Å². The van der Waals surface area contributed by atoms with E-state index in [9.17, 15) is 4.79 Å². The lowest BCUT2D eigenvalue weighted by Crippen LogP contribution is -2.09. The van der Waals surface area contributed by atoms with Crippen LogP contribution in [0.1, 0.15) is 30.1 Å². The molecule has 0 aromatic heterocycles. The largest absolute Gasteiger partial charge is 0.496 e. The van der Waals surface area contributed by atoms with E-state index < -0.39 is 0 Å². The average molecular weight is 384 g/mol. The normalized spacial score (nSPS) is 10.6. The summed E-state index contributed by atoms with van der Waals surface area (Å²) < 4.78 is 11.8. The molecule has 0 atom stereocenters. The lowest BCUT2D eigenvalue weighted by Gasteiger charge is -2.12. The number of unbranched alkanes of at least 4 members (excludes halogenated alkanes) is 1. The number of halogens is 1. The van der Waals surface area contributed by atoms with E-state index in [1.165, 1.54) is 0 Å². The fraction of sp³-hybridized carbons (Fsp3) is 0.312. The van der Waals surface area contributed by atoms with Gasteiger partial charge in [-0.15, -0.1) is 0 Å². The van der Waals surface area contributed by atoms with Crippen molar-refractivity contribution in [3.63, 3.8) is 0 Å². The number of esters is 1. The molecule has 0 aliphatic rings. The molecule has 0 heterocycles. The Labute approximate surface area is 132 Å². The fourth-order valence-corrected chi connectivity index (χ4v) is 2.74. The second-order valence-electron chi connectivity index (χ2n) is 4.47. The van der Waals surface area contributed by atoms with Crippen LogP contribution in [0, 0.1) is 3.57 Å². The molecule has 106 valence electrons. The Hall–Kier alpha value is -1.30. The van der Waals surface area contributed by atoms with Gasteiger partial charge in [0, 0.05) is 8.96 Å². The van der Waals surface area contributed by atoms with Crippen molar-refractivity contribution in [2.24, 2.45) is 0 Å². The maximum absolute atomic E-state index is 12.3. The fourth-order valence-electron chi connectivity index (χ4n) is 2.06. The summed E-state index contributed by atoms with van der Waals surface area (Å²) in [6, 6.07) is 9.67. The minimum Gasteiger partial charge on any atom is -0.496 e. The smallest absolute Gasteiger partial charge is 0.342 e. The minimum atomic E-state index is -0.317. The zero-order valence-corrected chi connectivity index (χ0v) is 13.8. The molecule has 0 aliphatic heterocycles. The van der Waals surface area contributed by atoms with Gasteiger partial charge >= 0.3 is 5.97 Å². The van der Waals surface area contributed by atoms with Gasteiger partial charge in [-0.3, -0.25) is 0 Å². The number of hydrogen-bond acceptors (Lipinski definition) is 3. The van der Waals surface area contributed by atoms with Crippen molar-refractivity contribution in [2.75, 3.05) is 13.7 Å². The predicted octanol–water partition coefficient (Wildman–Crippen LogP) is 4.41. The lowest BCUT2D eigenvalue weighted by atomic mass is 10.0. The van der Waals surface area contributed by atoms with Gasteiger partial charge in [-0.1, -0.05) is 25.5 Å². The third kappa shape index (κ3) is 3.06. The Balaban J connectivity index is 2.48. The molecule has 4 heteroatoms. The van der Waals surface area contributed by atoms with E-state index >= 15 is 0 Å². The summed E-state index contributed by atoms with van der Waals surface area (Å²) >= 11 is 2.26. The minimum absolute atomic E-state index is 0.317. The first-order valence-electron chi connectivity index (χ1n) is 6.61. The molecule has 20 heavy (non-hydrogen) atoms. The quantitative estimate of drug-likeness (QED) is 0.435. The van der Waals surface area contributed by atoms with Crippen molar-refractivity contribution in [1.29, 1.82) is 0 Å². The molecule has 2 aromatic rings. The molecule has 0 amide bonds. The molecule has 3 nitrogen and oxygen atoms in total. The highest BCUT2D eigenvalue weighted by molar-refractivity contribution is 14.1. The third-order valence-electron chi connectivity index (χ3n) is 3.13. The van der Waals surface area contributed by atoms with Gasteiger partial charge in [-0.2, -0.15) is 0 Å². The summed E-state index contributed by atoms with van der Waals surface area (Å²) in [6.07, 6.45) is 1.87. The van der Waals surface area contributed by atoms with Gasteiger partial charge in [0.1, 0.15) is 11.3 Å². The Kier molecular flexibility index (Phi) is 5.23. The first-order valence-corrected chi connectivity index (χ1v) is 7.69. The number of ether oxygens (including phenoxy) is 2. The van der Waals surface area contributed by atoms with Crippen LogP contribution in [-0.4, -0.2) is 19.7 Å². The van der Waals surface area contributed by atoms with Gasteiger partial charge in [0.25, 0.3) is 0 Å². The number of methoxy groups -OCH3 is 1. The molecular weight excluding hydrogens is 367 g/mol. The molecule has 0 N–H and O–H groups in total. The molecule has 0 radical (unpaired) electrons. The Morgan fingerprint density at radius 2 is 2.00 bits per heavy atom. The summed E-state index contributed by atoms with van der Waals surface area (Å²) in [5.41, 5.74) is 0.514. The van der Waals surface area contributed by atoms with E-state index in [4.69, 9.17) is 9.47 Å². The van der Waals surface area contributed by atoms with Crippen molar-refractivity contribution in [2.45, 2.75) is 19.8 Å². The van der Waals surface area contributed by atoms with Crippen molar-refractivity contribution in [3.8, 4) is 5.75 Å². The van der Waals surface area contributed by atoms with Gasteiger partial charge in [0.2, 0.25) is 0 Å². The summed E-state index contributed by atoms with van der Waals surface area (Å²) in [6.45, 7) is 2.51. The zero-order valence-electron chi connectivity index (χ0n) is 11.6. The number of rotatable bonds is 5. The van der Waals surface area contributed by atoms with Gasteiger partial charge < -0.3 is 9.47 Å². The second kappa shape index (κ2) is 6.92. The summed E-state index contributed by atoms with van der Waals surface area (Å²) in [4.78, 5) is 12.3. The molecule has 2 rings (SSSR count). The summed E-state index contributed by atoms with van der Waals surface area (Å²) in [5.74, 6) is 0.240. The van der Waals surface area contributed by atoms with Crippen LogP contribution < -0.4 is 4.74 Å². The lowest BCUT2D eigenvalue weighted by molar-refractivity contribution is 0.0498. The molecule has 0 saturated heterocycles. The van der Waals surface area contributed by atoms with Gasteiger partial charge in [-0.05, 0) is 52.6 Å². The number of hydrogen-bond donors (Lipinski definition) is 0. The van der Waals surface area contributed by atoms with E-state index in [1.54, 1.807) is 7.11 Å². The maximum atomic E-state index is 12.3. The first-order chi connectivity index (χ1) is 9.69. The SMILES string of the molecule is CCCCOC(=O)c1c(OC)ccc2c(I)cccc12. The monoisotopic (exact) mass is 384 g/mol. The molecule has 0 fully saturated rings. The van der Waals surface area contributed by atoms with E-state index in [2.05, 4.69) is 29.5 Å². The number of benzene rings is 2. The predicted molar refractivity (Wildman–Crippen MR) is 88.4 cm³/mol. The van der Waals surface area contributed by atoms with Crippen LogP contribution in [0.25, 0.3) is 10.8 Å². The molecule has 0 aliphatic carbocycles. The maximum Gasteiger partial charge on any atom is 0.342 e. The summed E-state index contributed by atoms with van der Waals surface area (Å²) in [7, 11) is 1.57. The van der Waals surface area contributed by atoms with Crippen molar-refractivity contribution < 1.29 is 14.3 Å². The third-order valence-corrected chi connectivity index (χ3v) is 4.07. The van der Waals surface area contributed by atoms with E-state index in [-0.39, 0.29) is 5.97 Å². The topological polar surface area (TPSA) is 35.5 Å². The van der Waals surface area contributed by atoms with Crippen LogP contribution in [-0.2, 0) is 4.74 Å². The van der Waals surface area contributed by atoms with Crippen LogP contribution in [0.15, 0.2) is 30.3 Å². The summed E-state index contributed by atoms with van der Waals surface area (Å²) in [5, 5.41) is 1.91. The van der Waals surface area contributed by atoms with Crippen molar-refractivity contribution >= 4 is 39.3 Å². The van der Waals surface area contributed by atoms with Crippen LogP contribution in [0.5, 0.6) is 5.75 Å². The standard InChI is InChI=1S/C16H17IO3/c1-3-4-10-20-16(18)15-12-6-5-7-13(17)11(12)8-9-14(15)19-2/h5-9H,3-4,10H2,1-2H3. The Morgan fingerprint density at radius 3 is 2.70 bits per heavy atom.